The van der Waals surface area contributed by atoms with E-state index in [9.17, 15) is 9.59 Å². The molecule has 1 heterocycles. The van der Waals surface area contributed by atoms with Crippen LogP contribution in [0.4, 0.5) is 0 Å². The van der Waals surface area contributed by atoms with Crippen LogP contribution in [0.3, 0.4) is 0 Å². The average molecular weight is 126 g/mol. The first-order chi connectivity index (χ1) is 4.05. The summed E-state index contributed by atoms with van der Waals surface area (Å²) in [7, 11) is 0. The van der Waals surface area contributed by atoms with Crippen molar-refractivity contribution in [3.05, 3.63) is 0 Å². The molecule has 0 aromatic heterocycles. The third-order valence-corrected chi connectivity index (χ3v) is 1.30. The highest BCUT2D eigenvalue weighted by molar-refractivity contribution is 6.08. The second-order valence-electron chi connectivity index (χ2n) is 2.44. The first-order valence-electron chi connectivity index (χ1n) is 2.56. The Balaban J connectivity index is 3.02. The van der Waals surface area contributed by atoms with Crippen molar-refractivity contribution in [1.82, 2.24) is 0 Å². The van der Waals surface area contributed by atoms with Gasteiger partial charge >= 0.3 is 0 Å². The highest BCUT2D eigenvalue weighted by atomic mass is 16.2. The number of azo groups is 1. The summed E-state index contributed by atoms with van der Waals surface area (Å²) in [5.74, 6) is -0.903. The summed E-state index contributed by atoms with van der Waals surface area (Å²) >= 11 is 0. The molecule has 0 aromatic rings. The maximum atomic E-state index is 10.6. The van der Waals surface area contributed by atoms with Crippen LogP contribution in [0.1, 0.15) is 13.8 Å². The van der Waals surface area contributed by atoms with E-state index in [2.05, 4.69) is 10.2 Å². The van der Waals surface area contributed by atoms with E-state index in [4.69, 9.17) is 0 Å². The molecule has 4 heteroatoms. The lowest BCUT2D eigenvalue weighted by Gasteiger charge is -2.05. The normalized spacial score (nSPS) is 23.3. The molecule has 0 unspecified atom stereocenters. The third kappa shape index (κ3) is 0.667. The van der Waals surface area contributed by atoms with E-state index in [0.717, 1.165) is 0 Å². The number of nitrogens with zero attached hydrogens (tertiary/aromatic N) is 2. The van der Waals surface area contributed by atoms with Crippen LogP contribution in [0.5, 0.6) is 0 Å². The molecule has 1 aliphatic rings. The summed E-state index contributed by atoms with van der Waals surface area (Å²) < 4.78 is 0. The van der Waals surface area contributed by atoms with Crippen molar-refractivity contribution in [2.45, 2.75) is 13.8 Å². The molecule has 1 aliphatic heterocycles. The molecule has 0 spiro atoms. The van der Waals surface area contributed by atoms with Gasteiger partial charge in [-0.05, 0) is 13.8 Å². The lowest BCUT2D eigenvalue weighted by Crippen LogP contribution is -2.25. The van der Waals surface area contributed by atoms with E-state index in [-0.39, 0.29) is 0 Å². The molecule has 0 saturated carbocycles. The Hall–Kier alpha value is -1.06. The summed E-state index contributed by atoms with van der Waals surface area (Å²) in [5.41, 5.74) is -1.00. The first kappa shape index (κ1) is 6.07. The maximum absolute atomic E-state index is 10.6. The Morgan fingerprint density at radius 3 is 1.56 bits per heavy atom. The SMILES string of the molecule is CC1(C)C(=O)N=NC1=O. The fourth-order valence-corrected chi connectivity index (χ4v) is 0.432. The summed E-state index contributed by atoms with van der Waals surface area (Å²) in [6, 6.07) is 0. The summed E-state index contributed by atoms with van der Waals surface area (Å²) in [5, 5.41) is 6.21. The molecule has 0 radical (unpaired) electrons. The molecule has 0 bridgehead atoms. The van der Waals surface area contributed by atoms with E-state index in [1.165, 1.54) is 13.8 Å². The van der Waals surface area contributed by atoms with Crippen molar-refractivity contribution in [2.24, 2.45) is 15.6 Å². The lowest BCUT2D eigenvalue weighted by atomic mass is 9.93. The molecule has 4 nitrogen and oxygen atoms in total. The number of amides is 2. The Morgan fingerprint density at radius 1 is 1.11 bits per heavy atom. The Labute approximate surface area is 52.0 Å². The highest BCUT2D eigenvalue weighted by Gasteiger charge is 2.40. The molecule has 0 atom stereocenters. The Morgan fingerprint density at radius 2 is 1.44 bits per heavy atom. The van der Waals surface area contributed by atoms with Crippen LogP contribution in [0.2, 0.25) is 0 Å². The maximum Gasteiger partial charge on any atom is 0.279 e. The molecule has 0 fully saturated rings. The number of carbonyl (C=O) groups is 2. The molecule has 0 saturated heterocycles. The van der Waals surface area contributed by atoms with Gasteiger partial charge in [0.25, 0.3) is 11.8 Å². The van der Waals surface area contributed by atoms with E-state index >= 15 is 0 Å². The lowest BCUT2D eigenvalue weighted by molar-refractivity contribution is -0.133. The van der Waals surface area contributed by atoms with Gasteiger partial charge in [0.2, 0.25) is 0 Å². The zero-order valence-electron chi connectivity index (χ0n) is 5.21. The van der Waals surface area contributed by atoms with E-state index in [0.29, 0.717) is 0 Å². The van der Waals surface area contributed by atoms with Crippen LogP contribution < -0.4 is 0 Å². The number of carbonyl (C=O) groups excluding carboxylic acids is 2. The minimum atomic E-state index is -1.00. The predicted octanol–water partition coefficient (Wildman–Crippen LogP) is 0.532. The summed E-state index contributed by atoms with van der Waals surface area (Å²) in [6.45, 7) is 3.02. The van der Waals surface area contributed by atoms with Gasteiger partial charge in [-0.15, -0.1) is 10.2 Å². The fourth-order valence-electron chi connectivity index (χ4n) is 0.432. The Bertz CT molecular complexity index is 185. The zero-order valence-corrected chi connectivity index (χ0v) is 5.21. The quantitative estimate of drug-likeness (QED) is 0.444. The molecule has 0 aromatic carbocycles. The average Bonchev–Trinajstić information content (AvgIpc) is 1.96. The van der Waals surface area contributed by atoms with Gasteiger partial charge in [0.15, 0.2) is 0 Å². The fraction of sp³-hybridized carbons (Fsp3) is 0.600. The third-order valence-electron chi connectivity index (χ3n) is 1.30. The van der Waals surface area contributed by atoms with Crippen LogP contribution in [0.15, 0.2) is 10.2 Å². The van der Waals surface area contributed by atoms with Gasteiger partial charge in [-0.2, -0.15) is 0 Å². The monoisotopic (exact) mass is 126 g/mol. The minimum absolute atomic E-state index is 0.451. The molecular weight excluding hydrogens is 120 g/mol. The van der Waals surface area contributed by atoms with Crippen molar-refractivity contribution in [3.63, 3.8) is 0 Å². The molecule has 1 rings (SSSR count). The molecule has 9 heavy (non-hydrogen) atoms. The number of hydrogen-bond acceptors (Lipinski definition) is 2. The van der Waals surface area contributed by atoms with Gasteiger partial charge in [0, 0.05) is 0 Å². The van der Waals surface area contributed by atoms with Crippen LogP contribution in [0, 0.1) is 5.41 Å². The molecule has 48 valence electrons. The zero-order chi connectivity index (χ0) is 7.07. The van der Waals surface area contributed by atoms with Crippen molar-refractivity contribution < 1.29 is 9.59 Å². The van der Waals surface area contributed by atoms with Crippen molar-refractivity contribution >= 4 is 11.8 Å². The van der Waals surface area contributed by atoms with Crippen molar-refractivity contribution in [1.29, 1.82) is 0 Å². The van der Waals surface area contributed by atoms with Gasteiger partial charge in [-0.1, -0.05) is 0 Å². The summed E-state index contributed by atoms with van der Waals surface area (Å²) in [6.07, 6.45) is 0. The van der Waals surface area contributed by atoms with Crippen LogP contribution >= 0.6 is 0 Å². The topological polar surface area (TPSA) is 58.9 Å². The highest BCUT2D eigenvalue weighted by Crippen LogP contribution is 2.24. The van der Waals surface area contributed by atoms with Crippen LogP contribution in [-0.2, 0) is 9.59 Å². The van der Waals surface area contributed by atoms with Gasteiger partial charge in [-0.25, -0.2) is 0 Å². The van der Waals surface area contributed by atoms with Crippen LogP contribution in [0.25, 0.3) is 0 Å². The van der Waals surface area contributed by atoms with Gasteiger partial charge in [0.1, 0.15) is 5.41 Å². The van der Waals surface area contributed by atoms with Crippen LogP contribution in [-0.4, -0.2) is 11.8 Å². The Kier molecular flexibility index (Phi) is 0.986. The van der Waals surface area contributed by atoms with E-state index < -0.39 is 17.2 Å². The number of rotatable bonds is 0. The standard InChI is InChI=1S/C5H6N2O2/c1-5(2)3(8)6-7-4(5)9/h1-2H3. The largest absolute Gasteiger partial charge is 0.279 e. The van der Waals surface area contributed by atoms with E-state index in [1.807, 2.05) is 0 Å². The second-order valence-corrected chi connectivity index (χ2v) is 2.44. The number of hydrogen-bond donors (Lipinski definition) is 0. The molecule has 0 aliphatic carbocycles. The van der Waals surface area contributed by atoms with Crippen molar-refractivity contribution in [3.8, 4) is 0 Å². The molecule has 0 N–H and O–H groups in total. The van der Waals surface area contributed by atoms with Crippen molar-refractivity contribution in [2.75, 3.05) is 0 Å². The smallest absolute Gasteiger partial charge is 0.270 e. The van der Waals surface area contributed by atoms with Gasteiger partial charge < -0.3 is 0 Å². The van der Waals surface area contributed by atoms with Gasteiger partial charge in [0.05, 0.1) is 0 Å². The second kappa shape index (κ2) is 1.46. The van der Waals surface area contributed by atoms with Gasteiger partial charge in [-0.3, -0.25) is 9.59 Å². The van der Waals surface area contributed by atoms with E-state index in [1.54, 1.807) is 0 Å². The summed E-state index contributed by atoms with van der Waals surface area (Å²) in [4.78, 5) is 21.2. The predicted molar refractivity (Wildman–Crippen MR) is 28.7 cm³/mol. The molecular formula is C5H6N2O2. The first-order valence-corrected chi connectivity index (χ1v) is 2.56. The minimum Gasteiger partial charge on any atom is -0.270 e. The molecule has 2 amide bonds.